The summed E-state index contributed by atoms with van der Waals surface area (Å²) >= 11 is 0. The van der Waals surface area contributed by atoms with Crippen molar-refractivity contribution in [2.45, 2.75) is 13.5 Å². The maximum atomic E-state index is 12.5. The average Bonchev–Trinajstić information content (AvgIpc) is 3.11. The van der Waals surface area contributed by atoms with Crippen LogP contribution in [-0.2, 0) is 23.1 Å². The molecular weight excluding hydrogens is 382 g/mol. The number of amides is 1. The molecule has 10 heteroatoms. The van der Waals surface area contributed by atoms with Crippen LogP contribution in [-0.4, -0.2) is 53.6 Å². The summed E-state index contributed by atoms with van der Waals surface area (Å²) in [5, 5.41) is 10.8. The molecule has 1 amide bonds. The number of carbonyl (C=O) groups is 2. The first kappa shape index (κ1) is 21.7. The van der Waals surface area contributed by atoms with Crippen LogP contribution in [0.15, 0.2) is 30.5 Å². The lowest BCUT2D eigenvalue weighted by molar-refractivity contribution is -0.384. The van der Waals surface area contributed by atoms with Gasteiger partial charge in [0.15, 0.2) is 18.1 Å². The molecule has 0 aliphatic heterocycles. The molecule has 29 heavy (non-hydrogen) atoms. The van der Waals surface area contributed by atoms with Gasteiger partial charge in [0, 0.05) is 26.2 Å². The fraction of sp³-hybridized carbons (Fsp3) is 0.368. The van der Waals surface area contributed by atoms with E-state index in [9.17, 15) is 19.7 Å². The minimum absolute atomic E-state index is 0.00700. The average molecular weight is 405 g/mol. The second-order valence-corrected chi connectivity index (χ2v) is 6.12. The molecule has 1 aromatic carbocycles. The minimum atomic E-state index is -0.809. The second-order valence-electron chi connectivity index (χ2n) is 6.12. The summed E-state index contributed by atoms with van der Waals surface area (Å²) in [6.07, 6.45) is 1.20. The highest BCUT2D eigenvalue weighted by Gasteiger charge is 2.21. The Hall–Kier alpha value is -3.56. The predicted molar refractivity (Wildman–Crippen MR) is 103 cm³/mol. The van der Waals surface area contributed by atoms with Gasteiger partial charge >= 0.3 is 5.97 Å². The summed E-state index contributed by atoms with van der Waals surface area (Å²) in [6.45, 7) is 2.03. The van der Waals surface area contributed by atoms with Gasteiger partial charge < -0.3 is 23.7 Å². The third-order valence-electron chi connectivity index (χ3n) is 4.29. The van der Waals surface area contributed by atoms with Crippen molar-refractivity contribution in [1.82, 2.24) is 9.47 Å². The number of aryl methyl sites for hydroxylation is 1. The smallest absolute Gasteiger partial charge is 0.355 e. The molecule has 10 nitrogen and oxygen atoms in total. The number of aromatic nitrogens is 1. The van der Waals surface area contributed by atoms with Gasteiger partial charge in [-0.25, -0.2) is 4.79 Å². The van der Waals surface area contributed by atoms with Gasteiger partial charge in [0.05, 0.1) is 25.3 Å². The van der Waals surface area contributed by atoms with Crippen LogP contribution in [0.3, 0.4) is 0 Å². The van der Waals surface area contributed by atoms with Crippen molar-refractivity contribution in [3.8, 4) is 11.5 Å². The molecule has 0 radical (unpaired) electrons. The van der Waals surface area contributed by atoms with E-state index in [-0.39, 0.29) is 17.3 Å². The number of hydrogen-bond donors (Lipinski definition) is 0. The Morgan fingerprint density at radius 2 is 1.86 bits per heavy atom. The Labute approximate surface area is 167 Å². The summed E-state index contributed by atoms with van der Waals surface area (Å²) in [6, 6.07) is 6.43. The molecule has 0 saturated carbocycles. The molecule has 1 heterocycles. The van der Waals surface area contributed by atoms with Gasteiger partial charge in [-0.05, 0) is 24.6 Å². The Kier molecular flexibility index (Phi) is 7.18. The van der Waals surface area contributed by atoms with Gasteiger partial charge in [-0.2, -0.15) is 0 Å². The van der Waals surface area contributed by atoms with Crippen molar-refractivity contribution < 1.29 is 28.7 Å². The molecule has 0 spiro atoms. The van der Waals surface area contributed by atoms with E-state index in [0.717, 1.165) is 11.6 Å². The van der Waals surface area contributed by atoms with Gasteiger partial charge in [0.1, 0.15) is 5.69 Å². The number of ether oxygens (including phenoxy) is 3. The van der Waals surface area contributed by atoms with Crippen LogP contribution in [0.2, 0.25) is 0 Å². The maximum absolute atomic E-state index is 12.5. The first-order valence-electron chi connectivity index (χ1n) is 8.77. The monoisotopic (exact) mass is 405 g/mol. The molecule has 1 aromatic heterocycles. The van der Waals surface area contributed by atoms with E-state index < -0.39 is 17.5 Å². The van der Waals surface area contributed by atoms with E-state index in [0.29, 0.717) is 24.6 Å². The molecule has 0 aliphatic carbocycles. The lowest BCUT2D eigenvalue weighted by Crippen LogP contribution is -2.34. The molecule has 2 rings (SSSR count). The lowest BCUT2D eigenvalue weighted by atomic mass is 10.2. The number of benzene rings is 1. The first-order chi connectivity index (χ1) is 13.8. The zero-order valence-corrected chi connectivity index (χ0v) is 16.7. The molecule has 0 fully saturated rings. The third kappa shape index (κ3) is 5.24. The van der Waals surface area contributed by atoms with Crippen molar-refractivity contribution >= 4 is 17.6 Å². The summed E-state index contributed by atoms with van der Waals surface area (Å²) < 4.78 is 16.8. The fourth-order valence-electron chi connectivity index (χ4n) is 2.72. The van der Waals surface area contributed by atoms with Crippen LogP contribution in [0, 0.1) is 10.1 Å². The Morgan fingerprint density at radius 3 is 2.41 bits per heavy atom. The van der Waals surface area contributed by atoms with Gasteiger partial charge in [0.2, 0.25) is 0 Å². The molecule has 2 aromatic rings. The van der Waals surface area contributed by atoms with Crippen molar-refractivity contribution in [2.24, 2.45) is 7.05 Å². The zero-order chi connectivity index (χ0) is 21.6. The van der Waals surface area contributed by atoms with Crippen LogP contribution < -0.4 is 9.47 Å². The summed E-state index contributed by atoms with van der Waals surface area (Å²) in [5.74, 6) is -0.0723. The fourth-order valence-corrected chi connectivity index (χ4v) is 2.72. The Bertz CT molecular complexity index is 907. The standard InChI is InChI=1S/C19H23N3O7/c1-5-21(10-13-6-7-16(27-3)17(8-13)28-4)18(23)12-29-19(24)15-9-14(22(25)26)11-20(15)2/h6-9,11H,5,10,12H2,1-4H3. The van der Waals surface area contributed by atoms with E-state index in [1.54, 1.807) is 19.1 Å². The van der Waals surface area contributed by atoms with Gasteiger partial charge in [-0.15, -0.1) is 0 Å². The van der Waals surface area contributed by atoms with Crippen molar-refractivity contribution in [3.63, 3.8) is 0 Å². The third-order valence-corrected chi connectivity index (χ3v) is 4.29. The number of nitrogens with zero attached hydrogens (tertiary/aromatic N) is 3. The summed E-state index contributed by atoms with van der Waals surface area (Å²) in [4.78, 5) is 36.3. The normalized spacial score (nSPS) is 10.3. The molecule has 0 bridgehead atoms. The van der Waals surface area contributed by atoms with Gasteiger partial charge in [-0.3, -0.25) is 14.9 Å². The van der Waals surface area contributed by atoms with E-state index in [1.807, 2.05) is 6.07 Å². The predicted octanol–water partition coefficient (Wildman–Crippen LogP) is 2.16. The van der Waals surface area contributed by atoms with Crippen LogP contribution >= 0.6 is 0 Å². The number of carbonyl (C=O) groups excluding carboxylic acids is 2. The minimum Gasteiger partial charge on any atom is -0.493 e. The zero-order valence-electron chi connectivity index (χ0n) is 16.7. The SMILES string of the molecule is CCN(Cc1ccc(OC)c(OC)c1)C(=O)COC(=O)c1cc([N+](=O)[O-])cn1C. The van der Waals surface area contributed by atoms with Crippen LogP contribution in [0.25, 0.3) is 0 Å². The first-order valence-corrected chi connectivity index (χ1v) is 8.77. The highest BCUT2D eigenvalue weighted by atomic mass is 16.6. The number of nitro groups is 1. The van der Waals surface area contributed by atoms with E-state index >= 15 is 0 Å². The van der Waals surface area contributed by atoms with Crippen molar-refractivity contribution in [3.05, 3.63) is 51.8 Å². The Balaban J connectivity index is 2.01. The topological polar surface area (TPSA) is 113 Å². The van der Waals surface area contributed by atoms with Crippen LogP contribution in [0.1, 0.15) is 23.0 Å². The Morgan fingerprint density at radius 1 is 1.17 bits per heavy atom. The molecule has 0 aliphatic rings. The maximum Gasteiger partial charge on any atom is 0.355 e. The highest BCUT2D eigenvalue weighted by Crippen LogP contribution is 2.28. The summed E-state index contributed by atoms with van der Waals surface area (Å²) in [5.41, 5.74) is 0.587. The van der Waals surface area contributed by atoms with E-state index in [4.69, 9.17) is 14.2 Å². The molecule has 0 N–H and O–H groups in total. The molecule has 156 valence electrons. The summed E-state index contributed by atoms with van der Waals surface area (Å²) in [7, 11) is 4.55. The molecular formula is C19H23N3O7. The quantitative estimate of drug-likeness (QED) is 0.357. The van der Waals surface area contributed by atoms with Crippen molar-refractivity contribution in [1.29, 1.82) is 0 Å². The second kappa shape index (κ2) is 9.58. The van der Waals surface area contributed by atoms with Gasteiger partial charge in [0.25, 0.3) is 11.6 Å². The highest BCUT2D eigenvalue weighted by molar-refractivity contribution is 5.90. The number of methoxy groups -OCH3 is 2. The molecule has 0 unspecified atom stereocenters. The largest absolute Gasteiger partial charge is 0.493 e. The molecule has 0 atom stereocenters. The number of likely N-dealkylation sites (N-methyl/N-ethyl adjacent to an activating group) is 1. The van der Waals surface area contributed by atoms with Crippen LogP contribution in [0.5, 0.6) is 11.5 Å². The number of esters is 1. The number of rotatable bonds is 9. The van der Waals surface area contributed by atoms with E-state index in [2.05, 4.69) is 0 Å². The van der Waals surface area contributed by atoms with Crippen molar-refractivity contribution in [2.75, 3.05) is 27.4 Å². The van der Waals surface area contributed by atoms with Crippen LogP contribution in [0.4, 0.5) is 5.69 Å². The number of hydrogen-bond acceptors (Lipinski definition) is 7. The molecule has 0 saturated heterocycles. The van der Waals surface area contributed by atoms with Gasteiger partial charge in [-0.1, -0.05) is 6.07 Å². The lowest BCUT2D eigenvalue weighted by Gasteiger charge is -2.21. The van der Waals surface area contributed by atoms with E-state index in [1.165, 1.54) is 36.9 Å².